The van der Waals surface area contributed by atoms with Crippen molar-refractivity contribution in [3.63, 3.8) is 0 Å². The zero-order valence-corrected chi connectivity index (χ0v) is 8.68. The van der Waals surface area contributed by atoms with Gasteiger partial charge in [-0.05, 0) is 13.3 Å². The van der Waals surface area contributed by atoms with Gasteiger partial charge in [-0.2, -0.15) is 0 Å². The second kappa shape index (κ2) is 5.85. The summed E-state index contributed by atoms with van der Waals surface area (Å²) in [7, 11) is 0. The smallest absolute Gasteiger partial charge is 0.333 e. The monoisotopic (exact) mass is 216 g/mol. The molecule has 0 aromatic rings. The first-order chi connectivity index (χ1) is 7.13. The van der Waals surface area contributed by atoms with E-state index in [0.717, 1.165) is 6.61 Å². The molecular formula is C10H16O5. The Balaban J connectivity index is 2.22. The summed E-state index contributed by atoms with van der Waals surface area (Å²) in [6.45, 7) is 1.81. The van der Waals surface area contributed by atoms with Crippen LogP contribution in [0.5, 0.6) is 0 Å². The minimum absolute atomic E-state index is 0.180. The molecule has 15 heavy (non-hydrogen) atoms. The van der Waals surface area contributed by atoms with Gasteiger partial charge in [-0.1, -0.05) is 6.08 Å². The van der Waals surface area contributed by atoms with Crippen LogP contribution in [-0.2, 0) is 14.3 Å². The molecule has 2 atom stereocenters. The number of carbonyl (C=O) groups is 1. The molecule has 0 radical (unpaired) electrons. The average molecular weight is 216 g/mol. The third kappa shape index (κ3) is 4.92. The molecular weight excluding hydrogens is 200 g/mol. The van der Waals surface area contributed by atoms with Gasteiger partial charge in [-0.3, -0.25) is 0 Å². The second-order valence-electron chi connectivity index (χ2n) is 3.51. The first kappa shape index (κ1) is 12.2. The number of hydrogen-bond acceptors (Lipinski definition) is 5. The van der Waals surface area contributed by atoms with Crippen molar-refractivity contribution >= 4 is 5.97 Å². The molecule has 2 N–H and O–H groups in total. The summed E-state index contributed by atoms with van der Waals surface area (Å²) < 4.78 is 9.74. The minimum Gasteiger partial charge on any atom is -0.459 e. The number of ether oxygens (including phenoxy) is 2. The summed E-state index contributed by atoms with van der Waals surface area (Å²) in [4.78, 5) is 11.3. The van der Waals surface area contributed by atoms with E-state index >= 15 is 0 Å². The summed E-state index contributed by atoms with van der Waals surface area (Å²) in [5.74, 6) is -0.469. The SMILES string of the molecule is CC(=CCC1CO1)C(=O)OCC(O)CO. The average Bonchev–Trinajstić information content (AvgIpc) is 3.05. The molecule has 0 aromatic carbocycles. The van der Waals surface area contributed by atoms with E-state index in [0.29, 0.717) is 12.0 Å². The molecule has 0 spiro atoms. The van der Waals surface area contributed by atoms with Gasteiger partial charge in [0.2, 0.25) is 0 Å². The van der Waals surface area contributed by atoms with E-state index in [9.17, 15) is 4.79 Å². The molecule has 0 aromatic heterocycles. The van der Waals surface area contributed by atoms with Crippen LogP contribution in [0, 0.1) is 0 Å². The molecule has 0 amide bonds. The molecule has 0 bridgehead atoms. The van der Waals surface area contributed by atoms with Gasteiger partial charge in [-0.25, -0.2) is 4.79 Å². The maximum Gasteiger partial charge on any atom is 0.333 e. The Hall–Kier alpha value is -0.910. The lowest BCUT2D eigenvalue weighted by Crippen LogP contribution is -2.22. The van der Waals surface area contributed by atoms with Crippen molar-refractivity contribution in [2.75, 3.05) is 19.8 Å². The van der Waals surface area contributed by atoms with Crippen molar-refractivity contribution in [3.05, 3.63) is 11.6 Å². The first-order valence-corrected chi connectivity index (χ1v) is 4.88. The Bertz CT molecular complexity index is 244. The molecule has 2 unspecified atom stereocenters. The fraction of sp³-hybridized carbons (Fsp3) is 0.700. The Morgan fingerprint density at radius 3 is 2.93 bits per heavy atom. The minimum atomic E-state index is -1.01. The summed E-state index contributed by atoms with van der Waals surface area (Å²) >= 11 is 0. The molecule has 1 aliphatic heterocycles. The first-order valence-electron chi connectivity index (χ1n) is 4.88. The largest absolute Gasteiger partial charge is 0.459 e. The number of carbonyl (C=O) groups excluding carboxylic acids is 1. The Kier molecular flexibility index (Phi) is 4.74. The van der Waals surface area contributed by atoms with E-state index in [1.54, 1.807) is 13.0 Å². The predicted molar refractivity (Wildman–Crippen MR) is 52.2 cm³/mol. The zero-order valence-electron chi connectivity index (χ0n) is 8.68. The number of rotatable bonds is 6. The van der Waals surface area contributed by atoms with E-state index < -0.39 is 18.7 Å². The van der Waals surface area contributed by atoms with Crippen molar-refractivity contribution in [1.82, 2.24) is 0 Å². The molecule has 0 saturated carbocycles. The number of hydrogen-bond donors (Lipinski definition) is 2. The fourth-order valence-electron chi connectivity index (χ4n) is 0.934. The van der Waals surface area contributed by atoms with Gasteiger partial charge in [0.05, 0.1) is 19.3 Å². The normalized spacial score (nSPS) is 22.3. The van der Waals surface area contributed by atoms with Crippen LogP contribution < -0.4 is 0 Å². The summed E-state index contributed by atoms with van der Waals surface area (Å²) in [6, 6.07) is 0. The van der Waals surface area contributed by atoms with Crippen molar-refractivity contribution in [3.8, 4) is 0 Å². The standard InChI is InChI=1S/C10H16O5/c1-7(2-3-9-6-14-9)10(13)15-5-8(12)4-11/h2,8-9,11-12H,3-6H2,1H3. The van der Waals surface area contributed by atoms with Gasteiger partial charge in [0.25, 0.3) is 0 Å². The van der Waals surface area contributed by atoms with Crippen LogP contribution in [0.4, 0.5) is 0 Å². The number of aliphatic hydroxyl groups excluding tert-OH is 2. The molecule has 0 aliphatic carbocycles. The van der Waals surface area contributed by atoms with Gasteiger partial charge < -0.3 is 19.7 Å². The lowest BCUT2D eigenvalue weighted by atomic mass is 10.2. The number of epoxide rings is 1. The zero-order chi connectivity index (χ0) is 11.3. The van der Waals surface area contributed by atoms with E-state index in [4.69, 9.17) is 19.7 Å². The highest BCUT2D eigenvalue weighted by atomic mass is 16.6. The van der Waals surface area contributed by atoms with Gasteiger partial charge in [0.15, 0.2) is 0 Å². The molecule has 86 valence electrons. The van der Waals surface area contributed by atoms with Crippen LogP contribution >= 0.6 is 0 Å². The highest BCUT2D eigenvalue weighted by Gasteiger charge is 2.21. The van der Waals surface area contributed by atoms with Crippen LogP contribution in [0.25, 0.3) is 0 Å². The lowest BCUT2D eigenvalue weighted by Gasteiger charge is -2.08. The van der Waals surface area contributed by atoms with Gasteiger partial charge >= 0.3 is 5.97 Å². The molecule has 1 saturated heterocycles. The Labute approximate surface area is 88.3 Å². The molecule has 5 nitrogen and oxygen atoms in total. The molecule has 1 aliphatic rings. The second-order valence-corrected chi connectivity index (χ2v) is 3.51. The fourth-order valence-corrected chi connectivity index (χ4v) is 0.934. The van der Waals surface area contributed by atoms with E-state index in [1.165, 1.54) is 0 Å². The third-order valence-electron chi connectivity index (χ3n) is 2.03. The quantitative estimate of drug-likeness (QED) is 0.359. The highest BCUT2D eigenvalue weighted by Crippen LogP contribution is 2.15. The predicted octanol–water partition coefficient (Wildman–Crippen LogP) is -0.382. The maximum atomic E-state index is 11.3. The topological polar surface area (TPSA) is 79.3 Å². The van der Waals surface area contributed by atoms with Crippen LogP contribution in [-0.4, -0.2) is 48.2 Å². The summed E-state index contributed by atoms with van der Waals surface area (Å²) in [6.07, 6.45) is 1.71. The maximum absolute atomic E-state index is 11.3. The van der Waals surface area contributed by atoms with E-state index in [-0.39, 0.29) is 12.7 Å². The third-order valence-corrected chi connectivity index (χ3v) is 2.03. The van der Waals surface area contributed by atoms with Gasteiger partial charge in [0.1, 0.15) is 12.7 Å². The van der Waals surface area contributed by atoms with Crippen LogP contribution in [0.3, 0.4) is 0 Å². The number of esters is 1. The molecule has 1 fully saturated rings. The van der Waals surface area contributed by atoms with Crippen LogP contribution in [0.15, 0.2) is 11.6 Å². The summed E-state index contributed by atoms with van der Waals surface area (Å²) in [5.41, 5.74) is 0.496. The van der Waals surface area contributed by atoms with Crippen molar-refractivity contribution in [1.29, 1.82) is 0 Å². The van der Waals surface area contributed by atoms with Crippen LogP contribution in [0.1, 0.15) is 13.3 Å². The van der Waals surface area contributed by atoms with Crippen molar-refractivity contribution in [2.45, 2.75) is 25.6 Å². The highest BCUT2D eigenvalue weighted by molar-refractivity contribution is 5.87. The van der Waals surface area contributed by atoms with E-state index in [2.05, 4.69) is 0 Å². The molecule has 5 heteroatoms. The lowest BCUT2D eigenvalue weighted by molar-refractivity contribution is -0.142. The van der Waals surface area contributed by atoms with Crippen LogP contribution in [0.2, 0.25) is 0 Å². The van der Waals surface area contributed by atoms with Crippen molar-refractivity contribution < 1.29 is 24.5 Å². The Morgan fingerprint density at radius 2 is 2.40 bits per heavy atom. The van der Waals surface area contributed by atoms with Gasteiger partial charge in [-0.15, -0.1) is 0 Å². The summed E-state index contributed by atoms with van der Waals surface area (Å²) in [5, 5.41) is 17.4. The Morgan fingerprint density at radius 1 is 1.73 bits per heavy atom. The van der Waals surface area contributed by atoms with E-state index in [1.807, 2.05) is 0 Å². The number of aliphatic hydroxyl groups is 2. The van der Waals surface area contributed by atoms with Crippen molar-refractivity contribution in [2.24, 2.45) is 0 Å². The van der Waals surface area contributed by atoms with Gasteiger partial charge in [0, 0.05) is 5.57 Å². The molecule has 1 heterocycles. The molecule has 1 rings (SSSR count).